The van der Waals surface area contributed by atoms with Crippen LogP contribution < -0.4 is 0 Å². The van der Waals surface area contributed by atoms with Gasteiger partial charge in [-0.1, -0.05) is 91.0 Å². The van der Waals surface area contributed by atoms with Crippen LogP contribution >= 0.6 is 0 Å². The quantitative estimate of drug-likeness (QED) is 0.442. The number of aliphatic carboxylic acids is 1. The Morgan fingerprint density at radius 3 is 1.49 bits per heavy atom. The average molecular weight is 479 g/mol. The molecule has 3 aromatic carbocycles. The van der Waals surface area contributed by atoms with Crippen LogP contribution in [0.4, 0.5) is 0 Å². The van der Waals surface area contributed by atoms with Crippen molar-refractivity contribution in [1.82, 2.24) is 0 Å². The Morgan fingerprint density at radius 1 is 0.686 bits per heavy atom. The molecule has 1 fully saturated rings. The van der Waals surface area contributed by atoms with Crippen LogP contribution in [0.5, 0.6) is 0 Å². The van der Waals surface area contributed by atoms with E-state index >= 15 is 0 Å². The maximum atomic E-state index is 12.2. The van der Waals surface area contributed by atoms with E-state index in [2.05, 4.69) is 0 Å². The summed E-state index contributed by atoms with van der Waals surface area (Å²) in [5.74, 6) is -1.15. The van der Waals surface area contributed by atoms with Crippen molar-refractivity contribution in [1.29, 1.82) is 0 Å². The number of hydrogen-bond donors (Lipinski definition) is 1. The van der Waals surface area contributed by atoms with E-state index in [0.717, 1.165) is 16.7 Å². The Kier molecular flexibility index (Phi) is 9.00. The summed E-state index contributed by atoms with van der Waals surface area (Å²) in [5.41, 5.74) is 2.82. The maximum Gasteiger partial charge on any atom is 0.335 e. The molecule has 1 N–H and O–H groups in total. The lowest BCUT2D eigenvalue weighted by molar-refractivity contribution is -0.314. The highest BCUT2D eigenvalue weighted by Gasteiger charge is 2.51. The van der Waals surface area contributed by atoms with Gasteiger partial charge in [-0.2, -0.15) is 0 Å². The second kappa shape index (κ2) is 12.6. The number of carboxylic acids is 1. The van der Waals surface area contributed by atoms with Crippen molar-refractivity contribution in [2.75, 3.05) is 7.11 Å². The van der Waals surface area contributed by atoms with Crippen molar-refractivity contribution < 1.29 is 33.6 Å². The van der Waals surface area contributed by atoms with Gasteiger partial charge in [0.25, 0.3) is 0 Å². The molecular weight excluding hydrogens is 448 g/mol. The Bertz CT molecular complexity index is 1030. The summed E-state index contributed by atoms with van der Waals surface area (Å²) in [7, 11) is 1.46. The number of carboxylic acid groups (broad SMARTS) is 1. The smallest absolute Gasteiger partial charge is 0.335 e. The molecule has 1 aliphatic heterocycles. The number of ether oxygens (including phenoxy) is 5. The summed E-state index contributed by atoms with van der Waals surface area (Å²) in [4.78, 5) is 12.2. The standard InChI is InChI=1S/C28H30O7/c1-31-28-26(34-19-22-15-9-4-10-16-22)24(33-18-21-13-7-3-8-14-21)23(25(35-28)27(29)30)32-17-20-11-5-2-6-12-20/h2-16,23-26,28H,17-19H2,1H3,(H,29,30)/t23-,24-,25+,26+,28-/m0/s1. The molecule has 0 aromatic heterocycles. The van der Waals surface area contributed by atoms with Gasteiger partial charge in [-0.25, -0.2) is 4.79 Å². The molecule has 0 spiro atoms. The summed E-state index contributed by atoms with van der Waals surface area (Å²) in [6.07, 6.45) is -4.65. The zero-order valence-corrected chi connectivity index (χ0v) is 19.6. The molecule has 7 nitrogen and oxygen atoms in total. The number of rotatable bonds is 11. The highest BCUT2D eigenvalue weighted by Crippen LogP contribution is 2.31. The zero-order chi connectivity index (χ0) is 24.5. The lowest BCUT2D eigenvalue weighted by Gasteiger charge is -2.44. The molecule has 184 valence electrons. The number of methoxy groups -OCH3 is 1. The predicted octanol–water partition coefficient (Wildman–Crippen LogP) is 4.20. The van der Waals surface area contributed by atoms with Gasteiger partial charge in [0.1, 0.15) is 18.3 Å². The first-order chi connectivity index (χ1) is 17.2. The van der Waals surface area contributed by atoms with Gasteiger partial charge in [-0.3, -0.25) is 0 Å². The van der Waals surface area contributed by atoms with Gasteiger partial charge in [0.15, 0.2) is 12.4 Å². The van der Waals surface area contributed by atoms with Gasteiger partial charge in [0, 0.05) is 7.11 Å². The summed E-state index contributed by atoms with van der Waals surface area (Å²) in [5, 5.41) is 9.96. The predicted molar refractivity (Wildman–Crippen MR) is 128 cm³/mol. The highest BCUT2D eigenvalue weighted by molar-refractivity contribution is 5.73. The third kappa shape index (κ3) is 6.75. The Hall–Kier alpha value is -3.07. The van der Waals surface area contributed by atoms with E-state index in [9.17, 15) is 9.90 Å². The molecule has 3 aromatic rings. The Labute approximate surface area is 205 Å². The van der Waals surface area contributed by atoms with Gasteiger partial charge in [-0.15, -0.1) is 0 Å². The van der Waals surface area contributed by atoms with Gasteiger partial charge < -0.3 is 28.8 Å². The second-order valence-electron chi connectivity index (χ2n) is 8.28. The Morgan fingerprint density at radius 2 is 1.09 bits per heavy atom. The third-order valence-electron chi connectivity index (χ3n) is 5.83. The molecule has 1 aliphatic rings. The van der Waals surface area contributed by atoms with Crippen molar-refractivity contribution in [2.45, 2.75) is 50.5 Å². The van der Waals surface area contributed by atoms with Crippen LogP contribution in [0, 0.1) is 0 Å². The molecular formula is C28H30O7. The molecule has 1 saturated heterocycles. The molecule has 0 aliphatic carbocycles. The molecule has 0 saturated carbocycles. The van der Waals surface area contributed by atoms with Gasteiger partial charge in [0.2, 0.25) is 0 Å². The number of hydrogen-bond acceptors (Lipinski definition) is 6. The van der Waals surface area contributed by atoms with Crippen molar-refractivity contribution in [3.8, 4) is 0 Å². The topological polar surface area (TPSA) is 83.5 Å². The summed E-state index contributed by atoms with van der Waals surface area (Å²) >= 11 is 0. The summed E-state index contributed by atoms with van der Waals surface area (Å²) < 4.78 is 30.0. The zero-order valence-electron chi connectivity index (χ0n) is 19.6. The van der Waals surface area contributed by atoms with Crippen LogP contribution in [-0.4, -0.2) is 48.9 Å². The average Bonchev–Trinajstić information content (AvgIpc) is 2.91. The van der Waals surface area contributed by atoms with Crippen LogP contribution in [0.25, 0.3) is 0 Å². The van der Waals surface area contributed by atoms with E-state index in [0.29, 0.717) is 0 Å². The van der Waals surface area contributed by atoms with Gasteiger partial charge in [0.05, 0.1) is 19.8 Å². The number of benzene rings is 3. The van der Waals surface area contributed by atoms with Crippen molar-refractivity contribution >= 4 is 5.97 Å². The molecule has 1 heterocycles. The molecule has 0 unspecified atom stereocenters. The lowest BCUT2D eigenvalue weighted by atomic mass is 9.97. The lowest BCUT2D eigenvalue weighted by Crippen LogP contribution is -2.62. The normalized spacial score (nSPS) is 24.2. The molecule has 0 amide bonds. The van der Waals surface area contributed by atoms with Gasteiger partial charge in [-0.05, 0) is 16.7 Å². The van der Waals surface area contributed by atoms with E-state index in [-0.39, 0.29) is 19.8 Å². The first-order valence-electron chi connectivity index (χ1n) is 11.5. The fraction of sp³-hybridized carbons (Fsp3) is 0.321. The largest absolute Gasteiger partial charge is 0.479 e. The number of carbonyl (C=O) groups is 1. The van der Waals surface area contributed by atoms with Crippen molar-refractivity contribution in [3.05, 3.63) is 108 Å². The SMILES string of the molecule is CO[C@H]1O[C@@H](C(=O)O)[C@@H](OCc2ccccc2)[C@H](OCc2ccccc2)[C@H]1OCc1ccccc1. The van der Waals surface area contributed by atoms with Crippen LogP contribution in [0.2, 0.25) is 0 Å². The van der Waals surface area contributed by atoms with Crippen molar-refractivity contribution in [3.63, 3.8) is 0 Å². The molecule has 7 heteroatoms. The first-order valence-corrected chi connectivity index (χ1v) is 11.5. The van der Waals surface area contributed by atoms with Crippen LogP contribution in [0.15, 0.2) is 91.0 Å². The van der Waals surface area contributed by atoms with E-state index < -0.39 is 36.7 Å². The van der Waals surface area contributed by atoms with E-state index in [4.69, 9.17) is 23.7 Å². The Balaban J connectivity index is 1.60. The fourth-order valence-electron chi connectivity index (χ4n) is 4.05. The molecule has 0 bridgehead atoms. The first kappa shape index (κ1) is 25.0. The minimum atomic E-state index is -1.29. The minimum Gasteiger partial charge on any atom is -0.479 e. The summed E-state index contributed by atoms with van der Waals surface area (Å²) in [6, 6.07) is 28.9. The highest BCUT2D eigenvalue weighted by atomic mass is 16.7. The summed E-state index contributed by atoms with van der Waals surface area (Å²) in [6.45, 7) is 0.737. The van der Waals surface area contributed by atoms with E-state index in [1.165, 1.54) is 7.11 Å². The van der Waals surface area contributed by atoms with Gasteiger partial charge >= 0.3 is 5.97 Å². The molecule has 0 radical (unpaired) electrons. The fourth-order valence-corrected chi connectivity index (χ4v) is 4.05. The van der Waals surface area contributed by atoms with Crippen molar-refractivity contribution in [2.24, 2.45) is 0 Å². The van der Waals surface area contributed by atoms with Crippen LogP contribution in [0.3, 0.4) is 0 Å². The monoisotopic (exact) mass is 478 g/mol. The van der Waals surface area contributed by atoms with E-state index in [1.807, 2.05) is 91.0 Å². The molecule has 4 rings (SSSR count). The minimum absolute atomic E-state index is 0.201. The van der Waals surface area contributed by atoms with E-state index in [1.54, 1.807) is 0 Å². The molecule has 5 atom stereocenters. The third-order valence-corrected chi connectivity index (χ3v) is 5.83. The second-order valence-corrected chi connectivity index (χ2v) is 8.28. The maximum absolute atomic E-state index is 12.2. The van der Waals surface area contributed by atoms with Crippen LogP contribution in [-0.2, 0) is 48.3 Å². The van der Waals surface area contributed by atoms with Crippen LogP contribution in [0.1, 0.15) is 16.7 Å². The molecule has 35 heavy (non-hydrogen) atoms.